The third kappa shape index (κ3) is 3.13. The summed E-state index contributed by atoms with van der Waals surface area (Å²) in [7, 11) is 0. The summed E-state index contributed by atoms with van der Waals surface area (Å²) in [5.74, 6) is 0.241. The predicted octanol–water partition coefficient (Wildman–Crippen LogP) is 2.22. The first kappa shape index (κ1) is 13.1. The smallest absolute Gasteiger partial charge is 0.265 e. The molecule has 1 saturated carbocycles. The van der Waals surface area contributed by atoms with Crippen LogP contribution in [0.1, 0.15) is 48.7 Å². The number of hydrogen-bond acceptors (Lipinski definition) is 5. The number of nitrogens with one attached hydrogen (secondary N) is 2. The van der Waals surface area contributed by atoms with E-state index in [0.717, 1.165) is 19.4 Å². The van der Waals surface area contributed by atoms with E-state index in [4.69, 9.17) is 5.73 Å². The van der Waals surface area contributed by atoms with Gasteiger partial charge in [-0.25, -0.2) is 4.98 Å². The molecule has 6 heteroatoms. The van der Waals surface area contributed by atoms with Gasteiger partial charge in [0.2, 0.25) is 0 Å². The van der Waals surface area contributed by atoms with E-state index in [2.05, 4.69) is 15.6 Å². The third-order valence-electron chi connectivity index (χ3n) is 3.13. The third-order valence-corrected chi connectivity index (χ3v) is 4.16. The maximum absolute atomic E-state index is 12.1. The summed E-state index contributed by atoms with van der Waals surface area (Å²) in [6.07, 6.45) is 5.83. The lowest BCUT2D eigenvalue weighted by molar-refractivity contribution is 0.0932. The van der Waals surface area contributed by atoms with Gasteiger partial charge in [-0.3, -0.25) is 4.79 Å². The Bertz CT molecular complexity index is 412. The van der Waals surface area contributed by atoms with E-state index in [-0.39, 0.29) is 5.91 Å². The summed E-state index contributed by atoms with van der Waals surface area (Å²) in [5, 5.41) is 6.84. The maximum atomic E-state index is 12.1. The lowest BCUT2D eigenvalue weighted by Gasteiger charge is -2.22. The summed E-state index contributed by atoms with van der Waals surface area (Å²) in [5.41, 5.74) is 5.78. The molecule has 0 bridgehead atoms. The van der Waals surface area contributed by atoms with Crippen LogP contribution in [0.4, 0.5) is 10.9 Å². The van der Waals surface area contributed by atoms with Crippen LogP contribution in [0.2, 0.25) is 0 Å². The fourth-order valence-corrected chi connectivity index (χ4v) is 3.08. The molecule has 1 aromatic rings. The normalized spacial score (nSPS) is 16.5. The predicted molar refractivity (Wildman–Crippen MR) is 75.0 cm³/mol. The molecule has 0 radical (unpaired) electrons. The molecule has 1 amide bonds. The van der Waals surface area contributed by atoms with E-state index in [1.54, 1.807) is 0 Å². The molecule has 0 aromatic carbocycles. The maximum Gasteiger partial charge on any atom is 0.265 e. The number of nitrogen functional groups attached to an aromatic ring is 1. The number of carbonyl (C=O) groups is 1. The molecule has 5 nitrogen and oxygen atoms in total. The van der Waals surface area contributed by atoms with Crippen molar-refractivity contribution in [2.24, 2.45) is 0 Å². The average Bonchev–Trinajstić information content (AvgIpc) is 2.72. The van der Waals surface area contributed by atoms with Gasteiger partial charge in [-0.05, 0) is 19.8 Å². The van der Waals surface area contributed by atoms with Crippen LogP contribution in [0.3, 0.4) is 0 Å². The van der Waals surface area contributed by atoms with Crippen molar-refractivity contribution in [1.82, 2.24) is 10.3 Å². The second-order valence-corrected chi connectivity index (χ2v) is 5.57. The molecule has 1 heterocycles. The quantitative estimate of drug-likeness (QED) is 0.782. The number of anilines is 2. The van der Waals surface area contributed by atoms with Crippen molar-refractivity contribution in [2.45, 2.75) is 45.1 Å². The molecule has 1 aliphatic rings. The fraction of sp³-hybridized carbons (Fsp3) is 0.667. The number of carbonyl (C=O) groups excluding carboxylic acids is 1. The van der Waals surface area contributed by atoms with Crippen molar-refractivity contribution < 1.29 is 4.79 Å². The van der Waals surface area contributed by atoms with Gasteiger partial charge in [0, 0.05) is 12.6 Å². The van der Waals surface area contributed by atoms with Gasteiger partial charge >= 0.3 is 0 Å². The zero-order valence-corrected chi connectivity index (χ0v) is 11.5. The molecule has 0 saturated heterocycles. The monoisotopic (exact) mass is 268 g/mol. The minimum Gasteiger partial charge on any atom is -0.382 e. The van der Waals surface area contributed by atoms with Crippen LogP contribution in [0.5, 0.6) is 0 Å². The van der Waals surface area contributed by atoms with Gasteiger partial charge in [0.15, 0.2) is 5.13 Å². The highest BCUT2D eigenvalue weighted by atomic mass is 32.1. The molecular weight excluding hydrogens is 248 g/mol. The summed E-state index contributed by atoms with van der Waals surface area (Å²) in [6, 6.07) is 0.301. The topological polar surface area (TPSA) is 80.0 Å². The lowest BCUT2D eigenvalue weighted by Crippen LogP contribution is -2.36. The van der Waals surface area contributed by atoms with E-state index < -0.39 is 0 Å². The molecule has 0 atom stereocenters. The minimum atomic E-state index is -0.0824. The number of amides is 1. The summed E-state index contributed by atoms with van der Waals surface area (Å²) >= 11 is 1.32. The fourth-order valence-electron chi connectivity index (χ4n) is 2.22. The van der Waals surface area contributed by atoms with Crippen LogP contribution in [-0.4, -0.2) is 23.5 Å². The number of nitrogens with two attached hydrogens (primary N) is 1. The van der Waals surface area contributed by atoms with Gasteiger partial charge in [-0.1, -0.05) is 30.6 Å². The van der Waals surface area contributed by atoms with E-state index >= 15 is 0 Å². The molecule has 0 aliphatic heterocycles. The van der Waals surface area contributed by atoms with Gasteiger partial charge < -0.3 is 16.4 Å². The highest BCUT2D eigenvalue weighted by Crippen LogP contribution is 2.25. The van der Waals surface area contributed by atoms with Gasteiger partial charge in [-0.15, -0.1) is 0 Å². The Balaban J connectivity index is 1.99. The summed E-state index contributed by atoms with van der Waals surface area (Å²) < 4.78 is 0. The highest BCUT2D eigenvalue weighted by Gasteiger charge is 2.20. The van der Waals surface area contributed by atoms with Crippen LogP contribution in [0.25, 0.3) is 0 Å². The Hall–Kier alpha value is -1.30. The Morgan fingerprint density at radius 3 is 2.83 bits per heavy atom. The van der Waals surface area contributed by atoms with Crippen molar-refractivity contribution in [1.29, 1.82) is 0 Å². The Morgan fingerprint density at radius 1 is 1.44 bits per heavy atom. The number of nitrogens with zero attached hydrogens (tertiary/aromatic N) is 1. The van der Waals surface area contributed by atoms with Crippen molar-refractivity contribution >= 4 is 28.2 Å². The lowest BCUT2D eigenvalue weighted by atomic mass is 9.95. The summed E-state index contributed by atoms with van der Waals surface area (Å²) in [6.45, 7) is 2.76. The van der Waals surface area contributed by atoms with Crippen LogP contribution in [0.15, 0.2) is 0 Å². The molecule has 1 aliphatic carbocycles. The molecule has 2 rings (SSSR count). The molecule has 0 spiro atoms. The van der Waals surface area contributed by atoms with Gasteiger partial charge in [0.05, 0.1) is 0 Å². The number of hydrogen-bond donors (Lipinski definition) is 3. The Morgan fingerprint density at radius 2 is 2.17 bits per heavy atom. The van der Waals surface area contributed by atoms with Gasteiger partial charge in [0.1, 0.15) is 10.7 Å². The average molecular weight is 268 g/mol. The van der Waals surface area contributed by atoms with Crippen molar-refractivity contribution in [3.8, 4) is 0 Å². The largest absolute Gasteiger partial charge is 0.382 e. The van der Waals surface area contributed by atoms with E-state index in [0.29, 0.717) is 21.9 Å². The second kappa shape index (κ2) is 6.04. The highest BCUT2D eigenvalue weighted by molar-refractivity contribution is 7.18. The van der Waals surface area contributed by atoms with Crippen molar-refractivity contribution in [2.75, 3.05) is 17.6 Å². The molecule has 1 fully saturated rings. The Kier molecular flexibility index (Phi) is 4.41. The van der Waals surface area contributed by atoms with Crippen LogP contribution < -0.4 is 16.4 Å². The minimum absolute atomic E-state index is 0.0824. The van der Waals surface area contributed by atoms with Crippen molar-refractivity contribution in [3.05, 3.63) is 4.88 Å². The first-order valence-electron chi connectivity index (χ1n) is 6.51. The van der Waals surface area contributed by atoms with Crippen molar-refractivity contribution in [3.63, 3.8) is 0 Å². The van der Waals surface area contributed by atoms with Gasteiger partial charge in [-0.2, -0.15) is 0 Å². The van der Waals surface area contributed by atoms with Crippen LogP contribution in [-0.2, 0) is 0 Å². The standard InChI is InChI=1S/C12H20N4OS/c1-2-14-12-16-10(13)9(18-12)11(17)15-8-6-4-3-5-7-8/h8H,2-7,13H2,1H3,(H,14,16)(H,15,17). The number of rotatable bonds is 4. The van der Waals surface area contributed by atoms with Crippen LogP contribution in [0, 0.1) is 0 Å². The second-order valence-electron chi connectivity index (χ2n) is 4.57. The van der Waals surface area contributed by atoms with Crippen LogP contribution >= 0.6 is 11.3 Å². The molecule has 100 valence electrons. The Labute approximate surface area is 111 Å². The SMILES string of the molecule is CCNc1nc(N)c(C(=O)NC2CCCCC2)s1. The first-order chi connectivity index (χ1) is 8.70. The molecule has 0 unspecified atom stereocenters. The van der Waals surface area contributed by atoms with E-state index in [1.165, 1.54) is 30.6 Å². The van der Waals surface area contributed by atoms with Gasteiger partial charge in [0.25, 0.3) is 5.91 Å². The zero-order valence-electron chi connectivity index (χ0n) is 10.7. The first-order valence-corrected chi connectivity index (χ1v) is 7.33. The number of thiazole rings is 1. The molecular formula is C12H20N4OS. The molecule has 4 N–H and O–H groups in total. The van der Waals surface area contributed by atoms with E-state index in [9.17, 15) is 4.79 Å². The summed E-state index contributed by atoms with van der Waals surface area (Å²) in [4.78, 5) is 16.8. The number of aromatic nitrogens is 1. The molecule has 1 aromatic heterocycles. The van der Waals surface area contributed by atoms with E-state index in [1.807, 2.05) is 6.92 Å². The zero-order chi connectivity index (χ0) is 13.0. The molecule has 18 heavy (non-hydrogen) atoms.